The van der Waals surface area contributed by atoms with Gasteiger partial charge in [0.05, 0.1) is 0 Å². The van der Waals surface area contributed by atoms with Gasteiger partial charge in [-0.2, -0.15) is 0 Å². The van der Waals surface area contributed by atoms with E-state index >= 15 is 0 Å². The molecule has 0 aliphatic heterocycles. The quantitative estimate of drug-likeness (QED) is 0.0200. The van der Waals surface area contributed by atoms with Gasteiger partial charge in [0.2, 0.25) is 0 Å². The molecule has 0 spiro atoms. The van der Waals surface area contributed by atoms with E-state index in [1.165, 1.54) is 0 Å². The molecular weight excluding hydrogens is 817 g/mol. The number of carbonyl (C=O) groups is 3. The molecule has 0 saturated heterocycles. The normalized spacial score (nSPS) is 13.7. The van der Waals surface area contributed by atoms with Gasteiger partial charge in [0, 0.05) is 19.3 Å². The molecule has 0 fully saturated rings. The van der Waals surface area contributed by atoms with E-state index < -0.39 is 6.10 Å². The summed E-state index contributed by atoms with van der Waals surface area (Å²) in [6.07, 6.45) is 78.7. The third-order valence-corrected chi connectivity index (χ3v) is 9.43. The predicted molar refractivity (Wildman–Crippen MR) is 283 cm³/mol. The summed E-state index contributed by atoms with van der Waals surface area (Å²) in [4.78, 5) is 38.0. The van der Waals surface area contributed by atoms with Crippen LogP contribution < -0.4 is 0 Å². The van der Waals surface area contributed by atoms with Gasteiger partial charge in [-0.15, -0.1) is 0 Å². The largest absolute Gasteiger partial charge is 0.462 e. The molecule has 0 amide bonds. The fraction of sp³-hybridized carbons (Fsp3) is 0.450. The Kier molecular flexibility index (Phi) is 47.8. The van der Waals surface area contributed by atoms with Gasteiger partial charge < -0.3 is 14.2 Å². The smallest absolute Gasteiger partial charge is 0.306 e. The van der Waals surface area contributed by atoms with Crippen LogP contribution in [0.15, 0.2) is 182 Å². The van der Waals surface area contributed by atoms with Crippen LogP contribution in [0.2, 0.25) is 0 Å². The summed E-state index contributed by atoms with van der Waals surface area (Å²) in [6.45, 7) is 6.09. The summed E-state index contributed by atoms with van der Waals surface area (Å²) in [7, 11) is 0. The van der Waals surface area contributed by atoms with Gasteiger partial charge in [-0.25, -0.2) is 0 Å². The van der Waals surface area contributed by atoms with Gasteiger partial charge >= 0.3 is 17.9 Å². The van der Waals surface area contributed by atoms with Gasteiger partial charge in [0.25, 0.3) is 0 Å². The average molecular weight is 903 g/mol. The minimum atomic E-state index is -0.841. The topological polar surface area (TPSA) is 78.9 Å². The van der Waals surface area contributed by atoms with Crippen molar-refractivity contribution >= 4 is 17.9 Å². The molecule has 6 nitrogen and oxygen atoms in total. The number of esters is 3. The Morgan fingerprint density at radius 3 is 1.00 bits per heavy atom. The minimum Gasteiger partial charge on any atom is -0.462 e. The lowest BCUT2D eigenvalue weighted by Crippen LogP contribution is -2.30. The molecule has 1 atom stereocenters. The average Bonchev–Trinajstić information content (AvgIpc) is 3.31. The molecule has 0 bridgehead atoms. The maximum atomic E-state index is 12.8. The Labute approximate surface area is 402 Å². The molecule has 1 unspecified atom stereocenters. The van der Waals surface area contributed by atoms with E-state index in [1.807, 2.05) is 109 Å². The fourth-order valence-electron chi connectivity index (χ4n) is 5.78. The predicted octanol–water partition coefficient (Wildman–Crippen LogP) is 16.6. The van der Waals surface area contributed by atoms with Gasteiger partial charge in [0.1, 0.15) is 13.2 Å². The van der Waals surface area contributed by atoms with E-state index in [0.717, 1.165) is 96.3 Å². The first-order valence-corrected chi connectivity index (χ1v) is 24.9. The standard InChI is InChI=1S/C60H86O6/c1-4-7-10-13-16-19-22-25-27-29-30-31-33-35-38-41-44-47-50-53-59(62)65-56-57(55-64-58(61)52-49-46-43-40-37-34-24-21-18-15-12-9-6-3)66-60(63)54-51-48-45-42-39-36-32-28-26-23-20-17-14-11-8-5-2/h7-13,15-22,24-31,33-39,57H,4-6,14,23,32,40-56H2,1-3H3/b10-7+,11-8+,12-9+,16-13+,18-15+,20-17+,22-19+,24-21+,27-25+,28-26+,30-29+,33-31+,37-34+,38-35+,39-36+. The molecule has 0 aliphatic carbocycles. The molecule has 66 heavy (non-hydrogen) atoms. The van der Waals surface area contributed by atoms with Crippen LogP contribution in [-0.2, 0) is 28.6 Å². The Bertz CT molecular complexity index is 1650. The Morgan fingerprint density at radius 1 is 0.318 bits per heavy atom. The van der Waals surface area contributed by atoms with E-state index in [0.29, 0.717) is 19.3 Å². The summed E-state index contributed by atoms with van der Waals surface area (Å²) in [5.74, 6) is -1.07. The second kappa shape index (κ2) is 52.1. The number of hydrogen-bond acceptors (Lipinski definition) is 6. The zero-order valence-corrected chi connectivity index (χ0v) is 41.1. The first-order chi connectivity index (χ1) is 32.5. The highest BCUT2D eigenvalue weighted by Crippen LogP contribution is 2.11. The lowest BCUT2D eigenvalue weighted by atomic mass is 10.1. The van der Waals surface area contributed by atoms with Gasteiger partial charge in [-0.1, -0.05) is 222 Å². The minimum absolute atomic E-state index is 0.138. The Morgan fingerprint density at radius 2 is 0.621 bits per heavy atom. The fourth-order valence-corrected chi connectivity index (χ4v) is 5.78. The third kappa shape index (κ3) is 49.5. The second-order valence-electron chi connectivity index (χ2n) is 15.5. The molecule has 0 aromatic rings. The molecule has 0 rings (SSSR count). The van der Waals surface area contributed by atoms with E-state index in [1.54, 1.807) is 0 Å². The van der Waals surface area contributed by atoms with Crippen LogP contribution in [0.3, 0.4) is 0 Å². The first kappa shape index (κ1) is 60.5. The molecular formula is C60H86O6. The molecule has 0 heterocycles. The summed E-state index contributed by atoms with van der Waals surface area (Å²) >= 11 is 0. The van der Waals surface area contributed by atoms with Crippen molar-refractivity contribution in [3.8, 4) is 0 Å². The van der Waals surface area contributed by atoms with Crippen LogP contribution in [0, 0.1) is 0 Å². The van der Waals surface area contributed by atoms with Crippen molar-refractivity contribution < 1.29 is 28.6 Å². The number of rotatable bonds is 41. The number of hydrogen-bond donors (Lipinski definition) is 0. The number of unbranched alkanes of at least 4 members (excludes halogenated alkanes) is 9. The molecule has 362 valence electrons. The maximum Gasteiger partial charge on any atom is 0.306 e. The second-order valence-corrected chi connectivity index (χ2v) is 15.5. The van der Waals surface area contributed by atoms with Gasteiger partial charge in [-0.3, -0.25) is 14.4 Å². The van der Waals surface area contributed by atoms with Crippen molar-refractivity contribution in [1.29, 1.82) is 0 Å². The zero-order valence-electron chi connectivity index (χ0n) is 41.1. The van der Waals surface area contributed by atoms with Crippen molar-refractivity contribution in [3.63, 3.8) is 0 Å². The van der Waals surface area contributed by atoms with Crippen molar-refractivity contribution in [3.05, 3.63) is 182 Å². The number of ether oxygens (including phenoxy) is 3. The van der Waals surface area contributed by atoms with Gasteiger partial charge in [0.15, 0.2) is 6.10 Å². The molecule has 0 N–H and O–H groups in total. The van der Waals surface area contributed by atoms with Crippen LogP contribution in [-0.4, -0.2) is 37.2 Å². The monoisotopic (exact) mass is 903 g/mol. The Hall–Kier alpha value is -5.49. The summed E-state index contributed by atoms with van der Waals surface area (Å²) in [5, 5.41) is 0. The summed E-state index contributed by atoms with van der Waals surface area (Å²) in [6, 6.07) is 0. The molecule has 0 aromatic carbocycles. The van der Waals surface area contributed by atoms with Crippen molar-refractivity contribution in [2.45, 2.75) is 162 Å². The number of allylic oxidation sites excluding steroid dienone is 30. The van der Waals surface area contributed by atoms with Gasteiger partial charge in [-0.05, 0) is 96.3 Å². The highest BCUT2D eigenvalue weighted by atomic mass is 16.6. The maximum absolute atomic E-state index is 12.8. The lowest BCUT2D eigenvalue weighted by Gasteiger charge is -2.18. The van der Waals surface area contributed by atoms with E-state index in [2.05, 4.69) is 93.7 Å². The summed E-state index contributed by atoms with van der Waals surface area (Å²) in [5.41, 5.74) is 0. The van der Waals surface area contributed by atoms with Crippen LogP contribution in [0.4, 0.5) is 0 Å². The molecule has 0 saturated carbocycles. The van der Waals surface area contributed by atoms with Crippen molar-refractivity contribution in [2.75, 3.05) is 13.2 Å². The van der Waals surface area contributed by atoms with E-state index in [-0.39, 0.29) is 50.4 Å². The lowest BCUT2D eigenvalue weighted by molar-refractivity contribution is -0.167. The molecule has 0 aromatic heterocycles. The van der Waals surface area contributed by atoms with Crippen LogP contribution in [0.1, 0.15) is 156 Å². The van der Waals surface area contributed by atoms with Crippen LogP contribution >= 0.6 is 0 Å². The SMILES string of the molecule is CC/C=C/C=C/C=C/C=C/C=C/C=C/C=C/CCCCCC(=O)OCC(COC(=O)CCCCC/C=C/C=C/C=C/C=C/CC)OC(=O)CCCCC/C=C/C/C=C/C/C=C/C/C=C/CC. The first-order valence-electron chi connectivity index (χ1n) is 24.9. The Balaban J connectivity index is 4.66. The van der Waals surface area contributed by atoms with E-state index in [9.17, 15) is 14.4 Å². The van der Waals surface area contributed by atoms with Crippen LogP contribution in [0.25, 0.3) is 0 Å². The molecule has 0 radical (unpaired) electrons. The van der Waals surface area contributed by atoms with Crippen molar-refractivity contribution in [1.82, 2.24) is 0 Å². The van der Waals surface area contributed by atoms with Crippen molar-refractivity contribution in [2.24, 2.45) is 0 Å². The van der Waals surface area contributed by atoms with E-state index in [4.69, 9.17) is 14.2 Å². The highest BCUT2D eigenvalue weighted by molar-refractivity contribution is 5.71. The zero-order chi connectivity index (χ0) is 47.9. The summed E-state index contributed by atoms with van der Waals surface area (Å²) < 4.78 is 16.7. The van der Waals surface area contributed by atoms with Crippen LogP contribution in [0.5, 0.6) is 0 Å². The number of carbonyl (C=O) groups excluding carboxylic acids is 3. The molecule has 6 heteroatoms. The third-order valence-electron chi connectivity index (χ3n) is 9.43. The highest BCUT2D eigenvalue weighted by Gasteiger charge is 2.19. The molecule has 0 aliphatic rings.